The number of aromatic nitrogens is 3. The Kier molecular flexibility index (Phi) is 3.70. The molecule has 5 heteroatoms. The van der Waals surface area contributed by atoms with E-state index in [1.807, 2.05) is 0 Å². The Morgan fingerprint density at radius 2 is 2.50 bits per heavy atom. The summed E-state index contributed by atoms with van der Waals surface area (Å²) in [5, 5.41) is 8.57. The molecule has 0 N–H and O–H groups in total. The summed E-state index contributed by atoms with van der Waals surface area (Å²) in [6, 6.07) is 0. The van der Waals surface area contributed by atoms with Crippen molar-refractivity contribution in [2.75, 3.05) is 5.75 Å². The molecule has 0 saturated carbocycles. The zero-order chi connectivity index (χ0) is 9.80. The molecule has 3 nitrogen and oxygen atoms in total. The van der Waals surface area contributed by atoms with Crippen molar-refractivity contribution in [2.45, 2.75) is 36.9 Å². The van der Waals surface area contributed by atoms with E-state index in [1.165, 1.54) is 25.0 Å². The minimum absolute atomic E-state index is 0.456. The molecule has 1 aromatic rings. The lowest BCUT2D eigenvalue weighted by atomic mass is 10.2. The summed E-state index contributed by atoms with van der Waals surface area (Å²) in [6.07, 6.45) is 5.82. The summed E-state index contributed by atoms with van der Waals surface area (Å²) in [4.78, 5) is 0. The van der Waals surface area contributed by atoms with Crippen LogP contribution in [0, 0.1) is 0 Å². The Morgan fingerprint density at radius 3 is 3.21 bits per heavy atom. The highest BCUT2D eigenvalue weighted by Gasteiger charge is 2.15. The van der Waals surface area contributed by atoms with E-state index in [0.717, 1.165) is 17.6 Å². The van der Waals surface area contributed by atoms with Gasteiger partial charge in [-0.15, -0.1) is 21.8 Å². The van der Waals surface area contributed by atoms with Crippen molar-refractivity contribution >= 4 is 23.4 Å². The molecule has 0 aliphatic carbocycles. The molecule has 1 aliphatic heterocycles. The molecule has 1 fully saturated rings. The second kappa shape index (κ2) is 5.03. The lowest BCUT2D eigenvalue weighted by Gasteiger charge is -2.21. The molecule has 1 atom stereocenters. The molecule has 1 aromatic heterocycles. The van der Waals surface area contributed by atoms with Crippen LogP contribution in [0.25, 0.3) is 0 Å². The van der Waals surface area contributed by atoms with Gasteiger partial charge in [0.25, 0.3) is 0 Å². The Labute approximate surface area is 93.2 Å². The average Bonchev–Trinajstić information content (AvgIpc) is 2.67. The third-order valence-electron chi connectivity index (χ3n) is 2.49. The van der Waals surface area contributed by atoms with E-state index in [4.69, 9.17) is 11.6 Å². The van der Waals surface area contributed by atoms with Crippen molar-refractivity contribution < 1.29 is 0 Å². The number of hydrogen-bond donors (Lipinski definition) is 0. The van der Waals surface area contributed by atoms with Crippen LogP contribution in [0.1, 0.15) is 25.1 Å². The van der Waals surface area contributed by atoms with Crippen LogP contribution in [-0.4, -0.2) is 25.8 Å². The van der Waals surface area contributed by atoms with Gasteiger partial charge in [0.05, 0.1) is 5.88 Å². The van der Waals surface area contributed by atoms with Crippen molar-refractivity contribution in [3.63, 3.8) is 0 Å². The number of hydrogen-bond acceptors (Lipinski definition) is 3. The van der Waals surface area contributed by atoms with Crippen molar-refractivity contribution in [3.05, 3.63) is 12.2 Å². The highest BCUT2D eigenvalue weighted by molar-refractivity contribution is 7.99. The van der Waals surface area contributed by atoms with Crippen LogP contribution >= 0.6 is 23.4 Å². The van der Waals surface area contributed by atoms with Gasteiger partial charge in [0.2, 0.25) is 0 Å². The predicted octanol–water partition coefficient (Wildman–Crippen LogP) is 2.30. The van der Waals surface area contributed by atoms with Gasteiger partial charge in [-0.2, -0.15) is 11.8 Å². The van der Waals surface area contributed by atoms with E-state index in [0.29, 0.717) is 5.88 Å². The van der Waals surface area contributed by atoms with Crippen LogP contribution in [0.3, 0.4) is 0 Å². The Morgan fingerprint density at radius 1 is 1.57 bits per heavy atom. The Bertz CT molecular complexity index is 283. The standard InChI is InChI=1S/C9H14ClN3S/c10-5-9-12-11-7-13(9)6-8-3-1-2-4-14-8/h7-8H,1-6H2. The fourth-order valence-corrected chi connectivity index (χ4v) is 3.22. The van der Waals surface area contributed by atoms with Crippen LogP contribution < -0.4 is 0 Å². The lowest BCUT2D eigenvalue weighted by Crippen LogP contribution is -2.17. The van der Waals surface area contributed by atoms with E-state index < -0.39 is 0 Å². The molecule has 2 rings (SSSR count). The molecule has 0 radical (unpaired) electrons. The highest BCUT2D eigenvalue weighted by atomic mass is 35.5. The quantitative estimate of drug-likeness (QED) is 0.748. The van der Waals surface area contributed by atoms with Crippen LogP contribution in [0.15, 0.2) is 6.33 Å². The zero-order valence-electron chi connectivity index (χ0n) is 8.03. The molecule has 2 heterocycles. The normalized spacial score (nSPS) is 22.5. The van der Waals surface area contributed by atoms with E-state index in [2.05, 4.69) is 26.5 Å². The molecule has 78 valence electrons. The van der Waals surface area contributed by atoms with Crippen molar-refractivity contribution in [3.8, 4) is 0 Å². The maximum absolute atomic E-state index is 5.76. The molecule has 0 bridgehead atoms. The fourth-order valence-electron chi connectivity index (χ4n) is 1.71. The lowest BCUT2D eigenvalue weighted by molar-refractivity contribution is 0.572. The van der Waals surface area contributed by atoms with Crippen LogP contribution in [0.2, 0.25) is 0 Å². The first-order valence-corrected chi connectivity index (χ1v) is 6.52. The largest absolute Gasteiger partial charge is 0.315 e. The minimum atomic E-state index is 0.456. The third kappa shape index (κ3) is 2.42. The van der Waals surface area contributed by atoms with Crippen LogP contribution in [-0.2, 0) is 12.4 Å². The molecule has 1 aliphatic rings. The molecule has 0 amide bonds. The van der Waals surface area contributed by atoms with Gasteiger partial charge in [-0.05, 0) is 18.6 Å². The predicted molar refractivity (Wildman–Crippen MR) is 59.7 cm³/mol. The molecule has 14 heavy (non-hydrogen) atoms. The van der Waals surface area contributed by atoms with Crippen molar-refractivity contribution in [1.29, 1.82) is 0 Å². The van der Waals surface area contributed by atoms with Gasteiger partial charge in [-0.1, -0.05) is 6.42 Å². The third-order valence-corrected chi connectivity index (χ3v) is 4.11. The van der Waals surface area contributed by atoms with Gasteiger partial charge < -0.3 is 4.57 Å². The first-order valence-electron chi connectivity index (χ1n) is 4.94. The molecule has 0 aromatic carbocycles. The number of halogens is 1. The highest BCUT2D eigenvalue weighted by Crippen LogP contribution is 2.26. The average molecular weight is 232 g/mol. The van der Waals surface area contributed by atoms with Crippen molar-refractivity contribution in [1.82, 2.24) is 14.8 Å². The van der Waals surface area contributed by atoms with Gasteiger partial charge >= 0.3 is 0 Å². The first-order chi connectivity index (χ1) is 6.90. The van der Waals surface area contributed by atoms with E-state index in [1.54, 1.807) is 6.33 Å². The molecule has 1 saturated heterocycles. The second-order valence-corrected chi connectivity index (χ2v) is 5.20. The topological polar surface area (TPSA) is 30.7 Å². The summed E-state index contributed by atoms with van der Waals surface area (Å²) >= 11 is 7.82. The minimum Gasteiger partial charge on any atom is -0.315 e. The summed E-state index contributed by atoms with van der Waals surface area (Å²) in [7, 11) is 0. The first kappa shape index (κ1) is 10.3. The second-order valence-electron chi connectivity index (χ2n) is 3.52. The van der Waals surface area contributed by atoms with Crippen LogP contribution in [0.5, 0.6) is 0 Å². The summed E-state index contributed by atoms with van der Waals surface area (Å²) in [5.74, 6) is 2.64. The van der Waals surface area contributed by atoms with Gasteiger partial charge in [0.15, 0.2) is 0 Å². The smallest absolute Gasteiger partial charge is 0.147 e. The van der Waals surface area contributed by atoms with Gasteiger partial charge in [0.1, 0.15) is 12.2 Å². The van der Waals surface area contributed by atoms with Crippen molar-refractivity contribution in [2.24, 2.45) is 0 Å². The van der Waals surface area contributed by atoms with Gasteiger partial charge in [-0.25, -0.2) is 0 Å². The fraction of sp³-hybridized carbons (Fsp3) is 0.778. The summed E-state index contributed by atoms with van der Waals surface area (Å²) < 4.78 is 2.08. The maximum Gasteiger partial charge on any atom is 0.147 e. The van der Waals surface area contributed by atoms with E-state index >= 15 is 0 Å². The SMILES string of the molecule is ClCc1nncn1CC1CCCCS1. The number of thioether (sulfide) groups is 1. The molecule has 1 unspecified atom stereocenters. The molecular formula is C9H14ClN3S. The number of alkyl halides is 1. The van der Waals surface area contributed by atoms with E-state index in [9.17, 15) is 0 Å². The molecule has 0 spiro atoms. The Hall–Kier alpha value is -0.220. The zero-order valence-corrected chi connectivity index (χ0v) is 9.60. The summed E-state index contributed by atoms with van der Waals surface area (Å²) in [5.41, 5.74) is 0. The van der Waals surface area contributed by atoms with Gasteiger partial charge in [0, 0.05) is 11.8 Å². The van der Waals surface area contributed by atoms with Crippen LogP contribution in [0.4, 0.5) is 0 Å². The van der Waals surface area contributed by atoms with E-state index in [-0.39, 0.29) is 0 Å². The summed E-state index contributed by atoms with van der Waals surface area (Å²) in [6.45, 7) is 1.01. The van der Waals surface area contributed by atoms with Gasteiger partial charge in [-0.3, -0.25) is 0 Å². The number of rotatable bonds is 3. The monoisotopic (exact) mass is 231 g/mol. The number of nitrogens with zero attached hydrogens (tertiary/aromatic N) is 3. The Balaban J connectivity index is 1.95. The maximum atomic E-state index is 5.76. The molecular weight excluding hydrogens is 218 g/mol.